The molecule has 26 heavy (non-hydrogen) atoms. The number of rotatable bonds is 1. The van der Waals surface area contributed by atoms with E-state index in [1.54, 1.807) is 12.1 Å². The van der Waals surface area contributed by atoms with Crippen LogP contribution < -0.4 is 10.1 Å². The number of hydrogen-bond donors (Lipinski definition) is 2. The van der Waals surface area contributed by atoms with E-state index < -0.39 is 0 Å². The van der Waals surface area contributed by atoms with Gasteiger partial charge in [0.25, 0.3) is 0 Å². The minimum absolute atomic E-state index is 0.00920. The topological polar surface area (TPSA) is 57.6 Å². The summed E-state index contributed by atoms with van der Waals surface area (Å²) in [5.41, 5.74) is 1.94. The minimum Gasteiger partial charge on any atom is -0.507 e. The molecule has 1 saturated heterocycles. The van der Waals surface area contributed by atoms with Crippen LogP contribution in [-0.2, 0) is 6.54 Å². The van der Waals surface area contributed by atoms with Gasteiger partial charge in [-0.15, -0.1) is 6.42 Å². The number of fused-ring (bicyclic) bond motifs is 2. The molecule has 7 heteroatoms. The maximum absolute atomic E-state index is 10.3. The van der Waals surface area contributed by atoms with Gasteiger partial charge in [0, 0.05) is 31.7 Å². The zero-order valence-electron chi connectivity index (χ0n) is 13.9. The second-order valence-electron chi connectivity index (χ2n) is 6.35. The van der Waals surface area contributed by atoms with Crippen molar-refractivity contribution >= 4 is 23.2 Å². The maximum Gasteiger partial charge on any atom is 0.147 e. The zero-order valence-corrected chi connectivity index (χ0v) is 15.4. The van der Waals surface area contributed by atoms with E-state index in [0.717, 1.165) is 25.2 Å². The summed E-state index contributed by atoms with van der Waals surface area (Å²) < 4.78 is 6.06. The summed E-state index contributed by atoms with van der Waals surface area (Å²) in [6.45, 7) is 3.80. The molecule has 1 aromatic carbocycles. The van der Waals surface area contributed by atoms with E-state index in [9.17, 15) is 5.11 Å². The van der Waals surface area contributed by atoms with E-state index in [2.05, 4.69) is 21.1 Å². The Morgan fingerprint density at radius 1 is 1.38 bits per heavy atom. The third-order valence-corrected chi connectivity index (χ3v) is 5.47. The molecular formula is C19H17Cl2N3O2. The van der Waals surface area contributed by atoms with Gasteiger partial charge in [-0.25, -0.2) is 4.98 Å². The second kappa shape index (κ2) is 6.98. The lowest BCUT2D eigenvalue weighted by Crippen LogP contribution is -2.52. The summed E-state index contributed by atoms with van der Waals surface area (Å²) in [6, 6.07) is 5.10. The van der Waals surface area contributed by atoms with Crippen LogP contribution >= 0.6 is 23.2 Å². The van der Waals surface area contributed by atoms with Crippen molar-refractivity contribution in [3.05, 3.63) is 39.5 Å². The molecule has 2 aliphatic heterocycles. The highest BCUT2D eigenvalue weighted by molar-refractivity contribution is 6.37. The van der Waals surface area contributed by atoms with Crippen molar-refractivity contribution in [3.8, 4) is 35.1 Å². The van der Waals surface area contributed by atoms with Crippen LogP contribution in [0.3, 0.4) is 0 Å². The lowest BCUT2D eigenvalue weighted by Gasteiger charge is -2.33. The number of nitrogens with one attached hydrogen (secondary N) is 1. The average Bonchev–Trinajstić information content (AvgIpc) is 2.83. The van der Waals surface area contributed by atoms with Crippen LogP contribution in [0.1, 0.15) is 11.3 Å². The van der Waals surface area contributed by atoms with Gasteiger partial charge in [0.05, 0.1) is 22.3 Å². The van der Waals surface area contributed by atoms with Crippen LogP contribution in [0.25, 0.3) is 11.3 Å². The van der Waals surface area contributed by atoms with Gasteiger partial charge >= 0.3 is 0 Å². The molecule has 2 aliphatic rings. The van der Waals surface area contributed by atoms with Crippen LogP contribution in [0, 0.1) is 12.3 Å². The van der Waals surface area contributed by atoms with Gasteiger partial charge in [0.15, 0.2) is 0 Å². The van der Waals surface area contributed by atoms with E-state index in [-0.39, 0.29) is 11.8 Å². The summed E-state index contributed by atoms with van der Waals surface area (Å²) in [5.74, 6) is 3.15. The highest BCUT2D eigenvalue weighted by Crippen LogP contribution is 2.44. The molecule has 0 unspecified atom stereocenters. The van der Waals surface area contributed by atoms with Gasteiger partial charge < -0.3 is 15.2 Å². The first-order valence-electron chi connectivity index (χ1n) is 8.34. The quantitative estimate of drug-likeness (QED) is 0.734. The Kier molecular flexibility index (Phi) is 4.68. The van der Waals surface area contributed by atoms with Crippen molar-refractivity contribution in [1.29, 1.82) is 0 Å². The highest BCUT2D eigenvalue weighted by atomic mass is 35.5. The van der Waals surface area contributed by atoms with Crippen LogP contribution in [0.15, 0.2) is 18.2 Å². The smallest absolute Gasteiger partial charge is 0.147 e. The van der Waals surface area contributed by atoms with Crippen molar-refractivity contribution in [2.45, 2.75) is 12.6 Å². The normalized spacial score (nSPS) is 19.7. The number of phenolic OH excluding ortho intramolecular Hbond substituents is 1. The van der Waals surface area contributed by atoms with Crippen molar-refractivity contribution in [2.24, 2.45) is 0 Å². The lowest BCUT2D eigenvalue weighted by molar-refractivity contribution is 0.120. The molecule has 5 nitrogen and oxygen atoms in total. The molecule has 0 amide bonds. The summed E-state index contributed by atoms with van der Waals surface area (Å²) in [7, 11) is 0. The summed E-state index contributed by atoms with van der Waals surface area (Å²) >= 11 is 12.9. The number of hydrogen-bond acceptors (Lipinski definition) is 5. The molecule has 0 spiro atoms. The Balaban J connectivity index is 1.89. The SMILES string of the molecule is C#Cc1nc(-c2c(O)cccc2Cl)c(Cl)c2c1CN1CCNC[C@@H]1CO2. The summed E-state index contributed by atoms with van der Waals surface area (Å²) in [6.07, 6.45) is 5.73. The Labute approximate surface area is 161 Å². The number of phenols is 1. The molecule has 134 valence electrons. The minimum atomic E-state index is -0.00920. The van der Waals surface area contributed by atoms with E-state index in [0.29, 0.717) is 45.9 Å². The van der Waals surface area contributed by atoms with Crippen molar-refractivity contribution in [3.63, 3.8) is 0 Å². The number of pyridine rings is 1. The fourth-order valence-corrected chi connectivity index (χ4v) is 4.03. The van der Waals surface area contributed by atoms with Gasteiger partial charge in [-0.05, 0) is 18.1 Å². The summed E-state index contributed by atoms with van der Waals surface area (Å²) in [5, 5.41) is 14.3. The number of benzene rings is 1. The molecule has 1 fully saturated rings. The fourth-order valence-electron chi connectivity index (χ4n) is 3.46. The third kappa shape index (κ3) is 2.89. The van der Waals surface area contributed by atoms with E-state index in [1.807, 2.05) is 0 Å². The van der Waals surface area contributed by atoms with E-state index in [4.69, 9.17) is 34.4 Å². The molecule has 0 saturated carbocycles. The number of nitrogens with zero attached hydrogens (tertiary/aromatic N) is 2. The van der Waals surface area contributed by atoms with E-state index >= 15 is 0 Å². The monoisotopic (exact) mass is 389 g/mol. The Hall–Kier alpha value is -1.97. The van der Waals surface area contributed by atoms with Gasteiger partial charge in [0.1, 0.15) is 28.8 Å². The first-order chi connectivity index (χ1) is 12.6. The van der Waals surface area contributed by atoms with Crippen LogP contribution in [0.5, 0.6) is 11.5 Å². The first kappa shape index (κ1) is 17.4. The molecule has 0 radical (unpaired) electrons. The fraction of sp³-hybridized carbons (Fsp3) is 0.316. The van der Waals surface area contributed by atoms with Gasteiger partial charge in [-0.2, -0.15) is 0 Å². The molecule has 2 N–H and O–H groups in total. The second-order valence-corrected chi connectivity index (χ2v) is 7.13. The highest BCUT2D eigenvalue weighted by Gasteiger charge is 2.31. The standard InChI is InChI=1S/C19H17Cl2N3O2/c1-2-14-12-9-24-7-6-22-8-11(24)10-26-19(12)17(21)18(23-14)16-13(20)4-3-5-15(16)25/h1,3-5,11,22,25H,6-10H2/t11-/m1/s1. The van der Waals surface area contributed by atoms with Crippen molar-refractivity contribution < 1.29 is 9.84 Å². The number of halogens is 2. The van der Waals surface area contributed by atoms with Gasteiger partial charge in [-0.3, -0.25) is 4.90 Å². The molecule has 1 atom stereocenters. The van der Waals surface area contributed by atoms with Crippen LogP contribution in [-0.4, -0.2) is 47.3 Å². The molecule has 0 aliphatic carbocycles. The number of aromatic hydroxyl groups is 1. The van der Waals surface area contributed by atoms with Crippen molar-refractivity contribution in [1.82, 2.24) is 15.2 Å². The van der Waals surface area contributed by atoms with Crippen molar-refractivity contribution in [2.75, 3.05) is 26.2 Å². The number of terminal acetylenes is 1. The lowest BCUT2D eigenvalue weighted by atomic mass is 10.0. The molecular weight excluding hydrogens is 373 g/mol. The van der Waals surface area contributed by atoms with Crippen LogP contribution in [0.2, 0.25) is 10.0 Å². The molecule has 2 aromatic rings. The van der Waals surface area contributed by atoms with E-state index in [1.165, 1.54) is 6.07 Å². The predicted octanol–water partition coefficient (Wildman–Crippen LogP) is 2.91. The predicted molar refractivity (Wildman–Crippen MR) is 102 cm³/mol. The number of ether oxygens (including phenoxy) is 1. The van der Waals surface area contributed by atoms with Crippen LogP contribution in [0.4, 0.5) is 0 Å². The van der Waals surface area contributed by atoms with Gasteiger partial charge in [0.2, 0.25) is 0 Å². The van der Waals surface area contributed by atoms with Gasteiger partial charge in [-0.1, -0.05) is 29.3 Å². The Bertz CT molecular complexity index is 890. The molecule has 3 heterocycles. The molecule has 4 rings (SSSR count). The Morgan fingerprint density at radius 2 is 2.23 bits per heavy atom. The summed E-state index contributed by atoms with van der Waals surface area (Å²) in [4.78, 5) is 6.87. The number of piperazine rings is 1. The largest absolute Gasteiger partial charge is 0.507 e. The first-order valence-corrected chi connectivity index (χ1v) is 9.10. The Morgan fingerprint density at radius 3 is 3.00 bits per heavy atom. The average molecular weight is 390 g/mol. The third-order valence-electron chi connectivity index (χ3n) is 4.81. The maximum atomic E-state index is 10.3. The zero-order chi connectivity index (χ0) is 18.3. The molecule has 0 bridgehead atoms. The molecule has 1 aromatic heterocycles. The number of aromatic nitrogens is 1.